The van der Waals surface area contributed by atoms with E-state index >= 15 is 0 Å². The van der Waals surface area contributed by atoms with Crippen LogP contribution >= 0.6 is 46.9 Å². The van der Waals surface area contributed by atoms with Gasteiger partial charge in [0.2, 0.25) is 0 Å². The van der Waals surface area contributed by atoms with Crippen LogP contribution in [-0.4, -0.2) is 10.2 Å². The van der Waals surface area contributed by atoms with Crippen molar-refractivity contribution in [3.05, 3.63) is 26.3 Å². The van der Waals surface area contributed by atoms with Crippen LogP contribution in [0.15, 0.2) is 16.4 Å². The molecule has 0 unspecified atom stereocenters. The minimum Gasteiger partial charge on any atom is -0.307 e. The summed E-state index contributed by atoms with van der Waals surface area (Å²) in [6.45, 7) is 0. The van der Waals surface area contributed by atoms with Gasteiger partial charge in [-0.1, -0.05) is 35.6 Å². The number of thiophene rings is 1. The number of thioether (sulfide) groups is 1. The fourth-order valence-corrected chi connectivity index (χ4v) is 2.86. The molecule has 0 aromatic carbocycles. The fourth-order valence-electron chi connectivity index (χ4n) is 0.972. The zero-order valence-corrected chi connectivity index (χ0v) is 9.95. The Hall–Kier alpha value is -0.360. The van der Waals surface area contributed by atoms with Gasteiger partial charge in [-0.25, -0.2) is 0 Å². The molecule has 1 aliphatic rings. The Labute approximate surface area is 99.3 Å². The highest BCUT2D eigenvalue weighted by Gasteiger charge is 2.21. The standard InChI is InChI=1S/C8H4ClNOS3/c9-6-2-4(3-13-6)1-5-7(11)10-8(12)14-5/h1-3H,(H,10,11,12). The Kier molecular flexibility index (Phi) is 2.92. The first-order valence-electron chi connectivity index (χ1n) is 3.64. The molecule has 2 nitrogen and oxygen atoms in total. The van der Waals surface area contributed by atoms with Gasteiger partial charge in [-0.3, -0.25) is 4.79 Å². The lowest BCUT2D eigenvalue weighted by Crippen LogP contribution is -2.17. The molecule has 0 saturated carbocycles. The van der Waals surface area contributed by atoms with E-state index in [1.807, 2.05) is 11.4 Å². The Morgan fingerprint density at radius 3 is 2.86 bits per heavy atom. The van der Waals surface area contributed by atoms with Crippen LogP contribution in [0.5, 0.6) is 0 Å². The number of nitrogens with one attached hydrogen (secondary N) is 1. The lowest BCUT2D eigenvalue weighted by molar-refractivity contribution is -0.115. The van der Waals surface area contributed by atoms with Crippen LogP contribution in [0.25, 0.3) is 6.08 Å². The number of hydrogen-bond acceptors (Lipinski definition) is 4. The minimum absolute atomic E-state index is 0.137. The van der Waals surface area contributed by atoms with E-state index in [-0.39, 0.29) is 5.91 Å². The molecule has 0 atom stereocenters. The highest BCUT2D eigenvalue weighted by atomic mass is 35.5. The average Bonchev–Trinajstić information content (AvgIpc) is 2.61. The third kappa shape index (κ3) is 2.17. The predicted octanol–water partition coefficient (Wildman–Crippen LogP) is 2.89. The Balaban J connectivity index is 2.27. The highest BCUT2D eigenvalue weighted by Crippen LogP contribution is 2.28. The molecule has 1 N–H and O–H groups in total. The van der Waals surface area contributed by atoms with E-state index in [1.54, 1.807) is 6.08 Å². The van der Waals surface area contributed by atoms with Gasteiger partial charge in [0.1, 0.15) is 4.32 Å². The molecule has 1 fully saturated rings. The van der Waals surface area contributed by atoms with Crippen LogP contribution in [0.3, 0.4) is 0 Å². The van der Waals surface area contributed by atoms with Crippen LogP contribution in [0.1, 0.15) is 5.56 Å². The van der Waals surface area contributed by atoms with Crippen molar-refractivity contribution < 1.29 is 4.79 Å². The molecule has 1 aromatic heterocycles. The maximum atomic E-state index is 11.3. The van der Waals surface area contributed by atoms with E-state index in [4.69, 9.17) is 23.8 Å². The normalized spacial score (nSPS) is 19.1. The molecule has 1 amide bonds. The first kappa shape index (κ1) is 10.2. The molecule has 0 aliphatic carbocycles. The molecule has 2 heterocycles. The van der Waals surface area contributed by atoms with Gasteiger partial charge in [0, 0.05) is 0 Å². The van der Waals surface area contributed by atoms with Crippen LogP contribution in [0.2, 0.25) is 4.34 Å². The van der Waals surface area contributed by atoms with Crippen molar-refractivity contribution in [1.82, 2.24) is 5.32 Å². The second-order valence-corrected chi connectivity index (χ2v) is 5.80. The second-order valence-electron chi connectivity index (χ2n) is 2.54. The number of rotatable bonds is 1. The zero-order chi connectivity index (χ0) is 10.1. The second kappa shape index (κ2) is 4.02. The maximum Gasteiger partial charge on any atom is 0.263 e. The largest absolute Gasteiger partial charge is 0.307 e. The SMILES string of the molecule is O=C1NC(=S)SC1=Cc1csc(Cl)c1. The van der Waals surface area contributed by atoms with Gasteiger partial charge in [-0.15, -0.1) is 11.3 Å². The topological polar surface area (TPSA) is 29.1 Å². The lowest BCUT2D eigenvalue weighted by atomic mass is 10.3. The monoisotopic (exact) mass is 261 g/mol. The van der Waals surface area contributed by atoms with Crippen LogP contribution < -0.4 is 5.32 Å². The van der Waals surface area contributed by atoms with Crippen molar-refractivity contribution in [3.63, 3.8) is 0 Å². The van der Waals surface area contributed by atoms with Gasteiger partial charge >= 0.3 is 0 Å². The molecule has 72 valence electrons. The van der Waals surface area contributed by atoms with Crippen molar-refractivity contribution in [2.75, 3.05) is 0 Å². The number of thiocarbonyl (C=S) groups is 1. The molecular formula is C8H4ClNOS3. The van der Waals surface area contributed by atoms with Crippen LogP contribution in [0, 0.1) is 0 Å². The summed E-state index contributed by atoms with van der Waals surface area (Å²) in [7, 11) is 0. The van der Waals surface area contributed by atoms with Gasteiger partial charge in [-0.2, -0.15) is 0 Å². The van der Waals surface area contributed by atoms with Crippen LogP contribution in [-0.2, 0) is 4.79 Å². The first-order valence-corrected chi connectivity index (χ1v) is 6.12. The molecular weight excluding hydrogens is 258 g/mol. The van der Waals surface area contributed by atoms with E-state index in [9.17, 15) is 4.79 Å². The van der Waals surface area contributed by atoms with Crippen molar-refractivity contribution in [1.29, 1.82) is 0 Å². The summed E-state index contributed by atoms with van der Waals surface area (Å²) in [6, 6.07) is 1.81. The van der Waals surface area contributed by atoms with Crippen molar-refractivity contribution in [2.45, 2.75) is 0 Å². The highest BCUT2D eigenvalue weighted by molar-refractivity contribution is 8.26. The van der Waals surface area contributed by atoms with Gasteiger partial charge in [0.15, 0.2) is 0 Å². The number of carbonyl (C=O) groups excluding carboxylic acids is 1. The van der Waals surface area contributed by atoms with Gasteiger partial charge in [0.05, 0.1) is 9.24 Å². The van der Waals surface area contributed by atoms with Crippen molar-refractivity contribution >= 4 is 63.2 Å². The number of carbonyl (C=O) groups is 1. The van der Waals surface area contributed by atoms with E-state index in [2.05, 4.69) is 5.32 Å². The smallest absolute Gasteiger partial charge is 0.263 e. The Bertz CT molecular complexity index is 438. The molecule has 14 heavy (non-hydrogen) atoms. The molecule has 2 rings (SSSR count). The Morgan fingerprint density at radius 2 is 2.36 bits per heavy atom. The van der Waals surface area contributed by atoms with E-state index in [1.165, 1.54) is 23.1 Å². The molecule has 0 bridgehead atoms. The summed E-state index contributed by atoms with van der Waals surface area (Å²) in [4.78, 5) is 11.9. The summed E-state index contributed by atoms with van der Waals surface area (Å²) in [5.41, 5.74) is 0.933. The summed E-state index contributed by atoms with van der Waals surface area (Å²) in [5, 5.41) is 4.44. The average molecular weight is 262 g/mol. The molecule has 1 aliphatic heterocycles. The maximum absolute atomic E-state index is 11.3. The quantitative estimate of drug-likeness (QED) is 0.623. The summed E-state index contributed by atoms with van der Waals surface area (Å²) < 4.78 is 1.21. The summed E-state index contributed by atoms with van der Waals surface area (Å²) >= 11 is 13.3. The van der Waals surface area contributed by atoms with Gasteiger partial charge in [0.25, 0.3) is 5.91 Å². The molecule has 0 spiro atoms. The van der Waals surface area contributed by atoms with Crippen molar-refractivity contribution in [3.8, 4) is 0 Å². The zero-order valence-electron chi connectivity index (χ0n) is 6.74. The molecule has 0 radical (unpaired) electrons. The first-order chi connectivity index (χ1) is 6.65. The van der Waals surface area contributed by atoms with E-state index in [0.29, 0.717) is 13.6 Å². The lowest BCUT2D eigenvalue weighted by Gasteiger charge is -1.88. The summed E-state index contributed by atoms with van der Waals surface area (Å²) in [6.07, 6.45) is 1.78. The third-order valence-electron chi connectivity index (χ3n) is 1.53. The fraction of sp³-hybridized carbons (Fsp3) is 0. The summed E-state index contributed by atoms with van der Waals surface area (Å²) in [5.74, 6) is -0.137. The molecule has 1 saturated heterocycles. The van der Waals surface area contributed by atoms with E-state index < -0.39 is 0 Å². The third-order valence-corrected chi connectivity index (χ3v) is 3.80. The molecule has 1 aromatic rings. The number of hydrogen-bond donors (Lipinski definition) is 1. The minimum atomic E-state index is -0.137. The van der Waals surface area contributed by atoms with E-state index in [0.717, 1.165) is 5.56 Å². The Morgan fingerprint density at radius 1 is 1.57 bits per heavy atom. The van der Waals surface area contributed by atoms with Crippen LogP contribution in [0.4, 0.5) is 0 Å². The predicted molar refractivity (Wildman–Crippen MR) is 65.6 cm³/mol. The van der Waals surface area contributed by atoms with Gasteiger partial charge in [-0.05, 0) is 23.1 Å². The number of amides is 1. The van der Waals surface area contributed by atoms with Crippen molar-refractivity contribution in [2.24, 2.45) is 0 Å². The molecule has 6 heteroatoms. The van der Waals surface area contributed by atoms with Gasteiger partial charge < -0.3 is 5.32 Å². The number of halogens is 1.